The molecule has 1 rings (SSSR count). The summed E-state index contributed by atoms with van der Waals surface area (Å²) in [5, 5.41) is 8.77. The van der Waals surface area contributed by atoms with Crippen molar-refractivity contribution >= 4 is 27.4 Å². The average Bonchev–Trinajstić information content (AvgIpc) is 2.18. The van der Waals surface area contributed by atoms with Gasteiger partial charge in [-0.25, -0.2) is 13.2 Å². The van der Waals surface area contributed by atoms with Crippen LogP contribution in [0.2, 0.25) is 0 Å². The van der Waals surface area contributed by atoms with Crippen molar-refractivity contribution in [1.82, 2.24) is 0 Å². The molecule has 7 heteroatoms. The first-order chi connectivity index (χ1) is 8.04. The highest BCUT2D eigenvalue weighted by atomic mass is 32.2. The minimum Gasteiger partial charge on any atom is -0.478 e. The Morgan fingerprint density at radius 2 is 1.89 bits per heavy atom. The number of nitrogen functional groups attached to an aromatic ring is 1. The monoisotopic (exact) mass is 272 g/mol. The van der Waals surface area contributed by atoms with Crippen molar-refractivity contribution in [2.24, 2.45) is 0 Å². The lowest BCUT2D eigenvalue weighted by molar-refractivity contribution is 0.0697. The maximum atomic E-state index is 11.9. The summed E-state index contributed by atoms with van der Waals surface area (Å²) in [5.74, 6) is -1.12. The molecule has 0 aliphatic rings. The summed E-state index contributed by atoms with van der Waals surface area (Å²) in [4.78, 5) is 10.7. The number of nitrogens with two attached hydrogens (primary N) is 1. The number of anilines is 2. The first-order valence-electron chi connectivity index (χ1n) is 5.20. The topological polar surface area (TPSA) is 109 Å². The van der Waals surface area contributed by atoms with Crippen LogP contribution in [-0.4, -0.2) is 24.2 Å². The fourth-order valence-corrected chi connectivity index (χ4v) is 1.87. The molecule has 0 radical (unpaired) electrons. The molecule has 0 fully saturated rings. The molecule has 6 nitrogen and oxygen atoms in total. The Morgan fingerprint density at radius 1 is 1.33 bits per heavy atom. The van der Waals surface area contributed by atoms with Crippen molar-refractivity contribution in [2.45, 2.75) is 25.5 Å². The summed E-state index contributed by atoms with van der Waals surface area (Å²) in [6.07, 6.45) is 0. The Morgan fingerprint density at radius 3 is 2.28 bits per heavy atom. The van der Waals surface area contributed by atoms with E-state index in [9.17, 15) is 13.2 Å². The lowest BCUT2D eigenvalue weighted by Crippen LogP contribution is -2.33. The van der Waals surface area contributed by atoms with E-state index in [2.05, 4.69) is 4.72 Å². The van der Waals surface area contributed by atoms with Gasteiger partial charge in [0.2, 0.25) is 10.0 Å². The fourth-order valence-electron chi connectivity index (χ4n) is 1.09. The molecule has 0 bridgehead atoms. The second-order valence-corrected chi connectivity index (χ2v) is 7.26. The zero-order valence-corrected chi connectivity index (χ0v) is 11.2. The SMILES string of the molecule is CC(C)(C)S(=O)(=O)Nc1ccc(C(=O)O)cc1N. The van der Waals surface area contributed by atoms with Crippen LogP contribution in [-0.2, 0) is 10.0 Å². The van der Waals surface area contributed by atoms with E-state index in [1.54, 1.807) is 20.8 Å². The molecule has 0 aromatic heterocycles. The third-order valence-electron chi connectivity index (χ3n) is 2.35. The number of carbonyl (C=O) groups is 1. The number of hydrogen-bond acceptors (Lipinski definition) is 4. The van der Waals surface area contributed by atoms with Gasteiger partial charge in [-0.05, 0) is 39.0 Å². The smallest absolute Gasteiger partial charge is 0.335 e. The standard InChI is InChI=1S/C11H16N2O4S/c1-11(2,3)18(16,17)13-9-5-4-7(10(14)15)6-8(9)12/h4-6,13H,12H2,1-3H3,(H,14,15). The van der Waals surface area contributed by atoms with Gasteiger partial charge in [-0.15, -0.1) is 0 Å². The molecule has 0 aliphatic carbocycles. The number of carboxylic acids is 1. The van der Waals surface area contributed by atoms with E-state index in [4.69, 9.17) is 10.8 Å². The van der Waals surface area contributed by atoms with E-state index < -0.39 is 20.7 Å². The lowest BCUT2D eigenvalue weighted by Gasteiger charge is -2.21. The van der Waals surface area contributed by atoms with Crippen LogP contribution in [0.3, 0.4) is 0 Å². The van der Waals surface area contributed by atoms with E-state index in [1.165, 1.54) is 18.2 Å². The van der Waals surface area contributed by atoms with Gasteiger partial charge >= 0.3 is 5.97 Å². The van der Waals surface area contributed by atoms with E-state index in [0.29, 0.717) is 0 Å². The minimum absolute atomic E-state index is 0.00575. The number of sulfonamides is 1. The molecule has 0 atom stereocenters. The van der Waals surface area contributed by atoms with Gasteiger partial charge in [-0.3, -0.25) is 4.72 Å². The van der Waals surface area contributed by atoms with Crippen LogP contribution in [0.1, 0.15) is 31.1 Å². The van der Waals surface area contributed by atoms with Crippen LogP contribution >= 0.6 is 0 Å². The molecular weight excluding hydrogens is 256 g/mol. The predicted octanol–water partition coefficient (Wildman–Crippen LogP) is 1.51. The van der Waals surface area contributed by atoms with Gasteiger partial charge in [-0.2, -0.15) is 0 Å². The van der Waals surface area contributed by atoms with E-state index in [-0.39, 0.29) is 16.9 Å². The molecule has 4 N–H and O–H groups in total. The maximum absolute atomic E-state index is 11.9. The minimum atomic E-state index is -3.58. The Labute approximate surface area is 106 Å². The van der Waals surface area contributed by atoms with Crippen molar-refractivity contribution in [3.05, 3.63) is 23.8 Å². The van der Waals surface area contributed by atoms with Crippen LogP contribution in [0.5, 0.6) is 0 Å². The number of carboxylic acid groups (broad SMARTS) is 1. The quantitative estimate of drug-likeness (QED) is 0.722. The average molecular weight is 272 g/mol. The van der Waals surface area contributed by atoms with Gasteiger partial charge in [0.15, 0.2) is 0 Å². The summed E-state index contributed by atoms with van der Waals surface area (Å²) in [6, 6.07) is 3.84. The van der Waals surface area contributed by atoms with E-state index in [0.717, 1.165) is 0 Å². The van der Waals surface area contributed by atoms with Crippen LogP contribution in [0.4, 0.5) is 11.4 Å². The number of benzene rings is 1. The fraction of sp³-hybridized carbons (Fsp3) is 0.364. The summed E-state index contributed by atoms with van der Waals surface area (Å²) in [5.41, 5.74) is 5.87. The van der Waals surface area contributed by atoms with Crippen molar-refractivity contribution in [1.29, 1.82) is 0 Å². The molecule has 0 unspecified atom stereocenters. The Balaban J connectivity index is 3.11. The highest BCUT2D eigenvalue weighted by molar-refractivity contribution is 7.94. The first-order valence-corrected chi connectivity index (χ1v) is 6.68. The molecular formula is C11H16N2O4S. The zero-order valence-electron chi connectivity index (χ0n) is 10.4. The zero-order chi connectivity index (χ0) is 14.1. The number of rotatable bonds is 3. The normalized spacial score (nSPS) is 12.2. The molecule has 0 saturated heterocycles. The summed E-state index contributed by atoms with van der Waals surface area (Å²) in [6.45, 7) is 4.66. The van der Waals surface area contributed by atoms with Crippen molar-refractivity contribution in [3.63, 3.8) is 0 Å². The molecule has 18 heavy (non-hydrogen) atoms. The second-order valence-electron chi connectivity index (χ2n) is 4.83. The molecule has 0 amide bonds. The van der Waals surface area contributed by atoms with Crippen molar-refractivity contribution in [2.75, 3.05) is 10.5 Å². The van der Waals surface area contributed by atoms with Gasteiger partial charge in [0.25, 0.3) is 0 Å². The maximum Gasteiger partial charge on any atom is 0.335 e. The molecule has 0 spiro atoms. The van der Waals surface area contributed by atoms with Gasteiger partial charge < -0.3 is 10.8 Å². The molecule has 0 heterocycles. The van der Waals surface area contributed by atoms with Crippen LogP contribution in [0, 0.1) is 0 Å². The molecule has 1 aromatic rings. The largest absolute Gasteiger partial charge is 0.478 e. The van der Waals surface area contributed by atoms with Gasteiger partial charge in [0.05, 0.1) is 21.7 Å². The van der Waals surface area contributed by atoms with Crippen LogP contribution in [0.15, 0.2) is 18.2 Å². The van der Waals surface area contributed by atoms with Crippen LogP contribution < -0.4 is 10.5 Å². The van der Waals surface area contributed by atoms with E-state index >= 15 is 0 Å². The van der Waals surface area contributed by atoms with Crippen molar-refractivity contribution in [3.8, 4) is 0 Å². The third kappa shape index (κ3) is 2.92. The highest BCUT2D eigenvalue weighted by Crippen LogP contribution is 2.25. The molecule has 100 valence electrons. The molecule has 0 aliphatic heterocycles. The Bertz CT molecular complexity index is 573. The summed E-state index contributed by atoms with van der Waals surface area (Å²) < 4.78 is 25.2. The van der Waals surface area contributed by atoms with Crippen LogP contribution in [0.25, 0.3) is 0 Å². The number of hydrogen-bond donors (Lipinski definition) is 3. The number of nitrogens with one attached hydrogen (secondary N) is 1. The third-order valence-corrected chi connectivity index (χ3v) is 4.45. The highest BCUT2D eigenvalue weighted by Gasteiger charge is 2.29. The Kier molecular flexibility index (Phi) is 3.57. The second kappa shape index (κ2) is 4.49. The van der Waals surface area contributed by atoms with E-state index in [1.807, 2.05) is 0 Å². The molecule has 1 aromatic carbocycles. The lowest BCUT2D eigenvalue weighted by atomic mass is 10.2. The molecule has 0 saturated carbocycles. The number of aromatic carboxylic acids is 1. The van der Waals surface area contributed by atoms with Gasteiger partial charge in [-0.1, -0.05) is 0 Å². The summed E-state index contributed by atoms with van der Waals surface area (Å²) >= 11 is 0. The predicted molar refractivity (Wildman–Crippen MR) is 70.1 cm³/mol. The summed E-state index contributed by atoms with van der Waals surface area (Å²) in [7, 11) is -3.58. The van der Waals surface area contributed by atoms with Gasteiger partial charge in [0.1, 0.15) is 0 Å². The Hall–Kier alpha value is -1.76. The van der Waals surface area contributed by atoms with Gasteiger partial charge in [0, 0.05) is 0 Å². The first kappa shape index (κ1) is 14.3. The van der Waals surface area contributed by atoms with Crippen molar-refractivity contribution < 1.29 is 18.3 Å².